The van der Waals surface area contributed by atoms with Gasteiger partial charge in [0.1, 0.15) is 0 Å². The molecule has 3 aromatic rings. The molecular weight excluding hydrogens is 242 g/mol. The van der Waals surface area contributed by atoms with Crippen LogP contribution in [0.4, 0.5) is 0 Å². The van der Waals surface area contributed by atoms with E-state index < -0.39 is 5.97 Å². The van der Waals surface area contributed by atoms with Crippen molar-refractivity contribution in [3.8, 4) is 0 Å². The first-order chi connectivity index (χ1) is 9.24. The Balaban J connectivity index is 1.98. The molecule has 0 aliphatic heterocycles. The molecule has 2 heterocycles. The monoisotopic (exact) mass is 253 g/mol. The number of benzene rings is 1. The lowest BCUT2D eigenvalue weighted by Crippen LogP contribution is -2.01. The second-order valence-corrected chi connectivity index (χ2v) is 4.22. The highest BCUT2D eigenvalue weighted by Gasteiger charge is 2.07. The van der Waals surface area contributed by atoms with Crippen molar-refractivity contribution in [1.29, 1.82) is 0 Å². The summed E-state index contributed by atoms with van der Waals surface area (Å²) >= 11 is 0. The van der Waals surface area contributed by atoms with Crippen molar-refractivity contribution in [2.45, 2.75) is 6.54 Å². The molecule has 5 nitrogen and oxygen atoms in total. The smallest absolute Gasteiger partial charge is 0.338 e. The number of carboxylic acid groups (broad SMARTS) is 1. The van der Waals surface area contributed by atoms with E-state index in [1.54, 1.807) is 10.9 Å². The fourth-order valence-corrected chi connectivity index (χ4v) is 2.03. The van der Waals surface area contributed by atoms with Crippen molar-refractivity contribution >= 4 is 16.9 Å². The SMILES string of the molecule is O=C(O)c1cnn(Cc2ccnc3ccccc23)c1. The number of pyridine rings is 1. The van der Waals surface area contributed by atoms with Gasteiger partial charge in [-0.3, -0.25) is 9.67 Å². The minimum Gasteiger partial charge on any atom is -0.478 e. The van der Waals surface area contributed by atoms with Gasteiger partial charge in [0.15, 0.2) is 0 Å². The minimum absolute atomic E-state index is 0.193. The van der Waals surface area contributed by atoms with Crippen LogP contribution in [0.15, 0.2) is 48.9 Å². The lowest BCUT2D eigenvalue weighted by Gasteiger charge is -2.05. The summed E-state index contributed by atoms with van der Waals surface area (Å²) < 4.78 is 1.62. The molecule has 0 aliphatic carbocycles. The van der Waals surface area contributed by atoms with E-state index in [2.05, 4.69) is 10.1 Å². The van der Waals surface area contributed by atoms with E-state index in [-0.39, 0.29) is 5.56 Å². The van der Waals surface area contributed by atoms with Crippen LogP contribution < -0.4 is 0 Å². The Morgan fingerprint density at radius 1 is 1.26 bits per heavy atom. The van der Waals surface area contributed by atoms with Crippen molar-refractivity contribution in [3.63, 3.8) is 0 Å². The van der Waals surface area contributed by atoms with Gasteiger partial charge in [-0.05, 0) is 17.7 Å². The largest absolute Gasteiger partial charge is 0.478 e. The van der Waals surface area contributed by atoms with Crippen LogP contribution in [0, 0.1) is 0 Å². The third-order valence-corrected chi connectivity index (χ3v) is 2.95. The van der Waals surface area contributed by atoms with Gasteiger partial charge < -0.3 is 5.11 Å². The van der Waals surface area contributed by atoms with E-state index in [4.69, 9.17) is 5.11 Å². The summed E-state index contributed by atoms with van der Waals surface area (Å²) in [6.45, 7) is 0.524. The standard InChI is InChI=1S/C14H11N3O2/c18-14(19)11-7-16-17(9-11)8-10-5-6-15-13-4-2-1-3-12(10)13/h1-7,9H,8H2,(H,18,19). The summed E-state index contributed by atoms with van der Waals surface area (Å²) in [5, 5.41) is 14.0. The number of hydrogen-bond acceptors (Lipinski definition) is 3. The molecule has 19 heavy (non-hydrogen) atoms. The highest BCUT2D eigenvalue weighted by molar-refractivity contribution is 5.87. The first kappa shape index (κ1) is 11.4. The fraction of sp³-hybridized carbons (Fsp3) is 0.0714. The molecule has 5 heteroatoms. The number of aromatic carboxylic acids is 1. The number of nitrogens with zero attached hydrogens (tertiary/aromatic N) is 3. The zero-order chi connectivity index (χ0) is 13.2. The van der Waals surface area contributed by atoms with Crippen LogP contribution >= 0.6 is 0 Å². The summed E-state index contributed by atoms with van der Waals surface area (Å²) in [6.07, 6.45) is 4.63. The molecule has 0 atom stereocenters. The van der Waals surface area contributed by atoms with E-state index in [0.717, 1.165) is 16.5 Å². The average molecular weight is 253 g/mol. The van der Waals surface area contributed by atoms with Gasteiger partial charge in [-0.25, -0.2) is 4.79 Å². The van der Waals surface area contributed by atoms with Crippen LogP contribution in [0.3, 0.4) is 0 Å². The molecule has 0 spiro atoms. The fourth-order valence-electron chi connectivity index (χ4n) is 2.03. The van der Waals surface area contributed by atoms with Crippen molar-refractivity contribution < 1.29 is 9.90 Å². The number of rotatable bonds is 3. The summed E-state index contributed by atoms with van der Waals surface area (Å²) in [5.41, 5.74) is 2.18. The van der Waals surface area contributed by atoms with E-state index in [0.29, 0.717) is 6.54 Å². The Hall–Kier alpha value is -2.69. The second-order valence-electron chi connectivity index (χ2n) is 4.22. The molecule has 0 radical (unpaired) electrons. The number of carbonyl (C=O) groups is 1. The third kappa shape index (κ3) is 2.18. The maximum atomic E-state index is 10.8. The van der Waals surface area contributed by atoms with E-state index >= 15 is 0 Å². The van der Waals surface area contributed by atoms with Gasteiger partial charge in [-0.1, -0.05) is 18.2 Å². The molecule has 0 fully saturated rings. The molecular formula is C14H11N3O2. The van der Waals surface area contributed by atoms with E-state index in [1.807, 2.05) is 30.3 Å². The third-order valence-electron chi connectivity index (χ3n) is 2.95. The summed E-state index contributed by atoms with van der Waals surface area (Å²) in [6, 6.07) is 9.77. The Labute approximate surface area is 109 Å². The quantitative estimate of drug-likeness (QED) is 0.776. The Morgan fingerprint density at radius 2 is 2.11 bits per heavy atom. The molecule has 0 saturated heterocycles. The molecule has 94 valence electrons. The summed E-state index contributed by atoms with van der Waals surface area (Å²) in [4.78, 5) is 15.1. The number of para-hydroxylation sites is 1. The Kier molecular flexibility index (Phi) is 2.72. The molecule has 1 aromatic carbocycles. The zero-order valence-corrected chi connectivity index (χ0v) is 10.0. The lowest BCUT2D eigenvalue weighted by atomic mass is 10.1. The molecule has 1 N–H and O–H groups in total. The van der Waals surface area contributed by atoms with Gasteiger partial charge in [-0.2, -0.15) is 5.10 Å². The van der Waals surface area contributed by atoms with E-state index in [9.17, 15) is 4.79 Å². The molecule has 0 unspecified atom stereocenters. The highest BCUT2D eigenvalue weighted by atomic mass is 16.4. The maximum Gasteiger partial charge on any atom is 0.338 e. The molecule has 0 saturated carbocycles. The van der Waals surface area contributed by atoms with Crippen LogP contribution in [0.1, 0.15) is 15.9 Å². The normalized spacial score (nSPS) is 10.7. The molecule has 0 amide bonds. The Morgan fingerprint density at radius 3 is 2.89 bits per heavy atom. The lowest BCUT2D eigenvalue weighted by molar-refractivity contribution is 0.0697. The van der Waals surface area contributed by atoms with Gasteiger partial charge in [0.2, 0.25) is 0 Å². The van der Waals surface area contributed by atoms with Gasteiger partial charge >= 0.3 is 5.97 Å². The topological polar surface area (TPSA) is 68.0 Å². The molecule has 3 rings (SSSR count). The van der Waals surface area contributed by atoms with Crippen LogP contribution in [-0.4, -0.2) is 25.8 Å². The zero-order valence-electron chi connectivity index (χ0n) is 10.0. The predicted octanol–water partition coefficient (Wildman–Crippen LogP) is 2.18. The number of aromatic nitrogens is 3. The van der Waals surface area contributed by atoms with Crippen LogP contribution in [0.25, 0.3) is 10.9 Å². The number of fused-ring (bicyclic) bond motifs is 1. The van der Waals surface area contributed by atoms with Crippen molar-refractivity contribution in [1.82, 2.24) is 14.8 Å². The predicted molar refractivity (Wildman–Crippen MR) is 70.0 cm³/mol. The minimum atomic E-state index is -0.967. The molecule has 0 aliphatic rings. The maximum absolute atomic E-state index is 10.8. The van der Waals surface area contributed by atoms with Crippen LogP contribution in [0.2, 0.25) is 0 Å². The van der Waals surface area contributed by atoms with Crippen molar-refractivity contribution in [2.24, 2.45) is 0 Å². The first-order valence-corrected chi connectivity index (χ1v) is 5.82. The van der Waals surface area contributed by atoms with Gasteiger partial charge in [0.05, 0.1) is 23.8 Å². The summed E-state index contributed by atoms with van der Waals surface area (Å²) in [5.74, 6) is -0.967. The number of hydrogen-bond donors (Lipinski definition) is 1. The first-order valence-electron chi connectivity index (χ1n) is 5.82. The van der Waals surface area contributed by atoms with Gasteiger partial charge in [-0.15, -0.1) is 0 Å². The summed E-state index contributed by atoms with van der Waals surface area (Å²) in [7, 11) is 0. The van der Waals surface area contributed by atoms with Crippen molar-refractivity contribution in [2.75, 3.05) is 0 Å². The Bertz CT molecular complexity index is 744. The second kappa shape index (κ2) is 4.53. The molecule has 2 aromatic heterocycles. The van der Waals surface area contributed by atoms with Crippen LogP contribution in [0.5, 0.6) is 0 Å². The molecule has 0 bridgehead atoms. The van der Waals surface area contributed by atoms with Gasteiger partial charge in [0.25, 0.3) is 0 Å². The van der Waals surface area contributed by atoms with Crippen molar-refractivity contribution in [3.05, 3.63) is 60.0 Å². The van der Waals surface area contributed by atoms with E-state index in [1.165, 1.54) is 12.4 Å². The average Bonchev–Trinajstić information content (AvgIpc) is 2.88. The van der Waals surface area contributed by atoms with Crippen LogP contribution in [-0.2, 0) is 6.54 Å². The highest BCUT2D eigenvalue weighted by Crippen LogP contribution is 2.17. The number of carboxylic acids is 1. The van der Waals surface area contributed by atoms with Gasteiger partial charge in [0, 0.05) is 17.8 Å².